The lowest BCUT2D eigenvalue weighted by molar-refractivity contribution is 0.520. The van der Waals surface area contributed by atoms with Crippen LogP contribution in [0, 0.1) is 5.92 Å². The molecule has 0 fully saturated rings. The van der Waals surface area contributed by atoms with Crippen molar-refractivity contribution in [3.8, 4) is 0 Å². The van der Waals surface area contributed by atoms with E-state index in [0.29, 0.717) is 18.4 Å². The number of nitrogens with one attached hydrogen (secondary N) is 1. The number of aromatic nitrogens is 2. The van der Waals surface area contributed by atoms with Gasteiger partial charge in [0.05, 0.1) is 0 Å². The lowest BCUT2D eigenvalue weighted by Crippen LogP contribution is -2.30. The summed E-state index contributed by atoms with van der Waals surface area (Å²) < 4.78 is 0. The molecule has 1 rings (SSSR count). The van der Waals surface area contributed by atoms with Crippen LogP contribution in [-0.4, -0.2) is 22.6 Å². The molecule has 17 heavy (non-hydrogen) atoms. The van der Waals surface area contributed by atoms with Gasteiger partial charge >= 0.3 is 0 Å². The molecule has 96 valence electrons. The fourth-order valence-electron chi connectivity index (χ4n) is 1.76. The van der Waals surface area contributed by atoms with E-state index in [0.717, 1.165) is 17.9 Å². The Kier molecular flexibility index (Phi) is 5.35. The fraction of sp³-hybridized carbons (Fsp3) is 0.692. The Morgan fingerprint density at radius 3 is 2.47 bits per heavy atom. The van der Waals surface area contributed by atoms with Crippen LogP contribution in [0.25, 0.3) is 0 Å². The van der Waals surface area contributed by atoms with E-state index in [1.165, 1.54) is 0 Å². The Balaban J connectivity index is 2.69. The molecule has 0 saturated carbocycles. The predicted molar refractivity (Wildman–Crippen MR) is 72.0 cm³/mol. The SMILES string of the molecule is CC(C)CC(CN)Nc1cc(C(C)C)ncn1. The molecule has 1 aromatic rings. The number of anilines is 1. The summed E-state index contributed by atoms with van der Waals surface area (Å²) in [5.41, 5.74) is 6.82. The summed E-state index contributed by atoms with van der Waals surface area (Å²) in [7, 11) is 0. The van der Waals surface area contributed by atoms with Gasteiger partial charge in [0, 0.05) is 24.3 Å². The van der Waals surface area contributed by atoms with Gasteiger partial charge in [-0.1, -0.05) is 27.7 Å². The molecule has 4 heteroatoms. The highest BCUT2D eigenvalue weighted by Crippen LogP contribution is 2.15. The standard InChI is InChI=1S/C13H24N4/c1-9(2)5-11(7-14)17-13-6-12(10(3)4)15-8-16-13/h6,8-11H,5,7,14H2,1-4H3,(H,15,16,17). The Morgan fingerprint density at radius 1 is 1.24 bits per heavy atom. The van der Waals surface area contributed by atoms with Gasteiger partial charge in [0.25, 0.3) is 0 Å². The summed E-state index contributed by atoms with van der Waals surface area (Å²) in [4.78, 5) is 8.49. The van der Waals surface area contributed by atoms with Gasteiger partial charge in [-0.05, 0) is 18.3 Å². The molecule has 1 heterocycles. The molecule has 1 unspecified atom stereocenters. The van der Waals surface area contributed by atoms with Crippen molar-refractivity contribution in [2.24, 2.45) is 11.7 Å². The normalized spacial score (nSPS) is 13.1. The van der Waals surface area contributed by atoms with Crippen LogP contribution in [0.15, 0.2) is 12.4 Å². The van der Waals surface area contributed by atoms with E-state index >= 15 is 0 Å². The summed E-state index contributed by atoms with van der Waals surface area (Å²) in [5.74, 6) is 1.92. The summed E-state index contributed by atoms with van der Waals surface area (Å²) in [5, 5.41) is 3.38. The van der Waals surface area contributed by atoms with Crippen molar-refractivity contribution in [2.75, 3.05) is 11.9 Å². The van der Waals surface area contributed by atoms with E-state index in [2.05, 4.69) is 43.0 Å². The first-order valence-corrected chi connectivity index (χ1v) is 6.31. The van der Waals surface area contributed by atoms with Crippen molar-refractivity contribution in [1.29, 1.82) is 0 Å². The third-order valence-corrected chi connectivity index (χ3v) is 2.67. The second-order valence-electron chi connectivity index (χ2n) is 5.19. The van der Waals surface area contributed by atoms with Gasteiger partial charge in [-0.25, -0.2) is 9.97 Å². The van der Waals surface area contributed by atoms with Crippen molar-refractivity contribution in [1.82, 2.24) is 9.97 Å². The highest BCUT2D eigenvalue weighted by Gasteiger charge is 2.10. The lowest BCUT2D eigenvalue weighted by Gasteiger charge is -2.19. The average molecular weight is 236 g/mol. The van der Waals surface area contributed by atoms with Gasteiger partial charge in [0.15, 0.2) is 0 Å². The zero-order valence-electron chi connectivity index (χ0n) is 11.3. The molecule has 0 aliphatic heterocycles. The molecule has 0 saturated heterocycles. The maximum atomic E-state index is 5.76. The first kappa shape index (κ1) is 13.9. The van der Waals surface area contributed by atoms with Crippen LogP contribution in [0.3, 0.4) is 0 Å². The van der Waals surface area contributed by atoms with Crippen molar-refractivity contribution < 1.29 is 0 Å². The minimum Gasteiger partial charge on any atom is -0.366 e. The van der Waals surface area contributed by atoms with Crippen LogP contribution in [0.2, 0.25) is 0 Å². The highest BCUT2D eigenvalue weighted by molar-refractivity contribution is 5.36. The quantitative estimate of drug-likeness (QED) is 0.796. The molecule has 1 aromatic heterocycles. The van der Waals surface area contributed by atoms with E-state index in [1.54, 1.807) is 6.33 Å². The maximum absolute atomic E-state index is 5.76. The van der Waals surface area contributed by atoms with Crippen molar-refractivity contribution in [2.45, 2.75) is 46.1 Å². The van der Waals surface area contributed by atoms with Gasteiger partial charge in [-0.3, -0.25) is 0 Å². The molecule has 0 aliphatic rings. The van der Waals surface area contributed by atoms with Gasteiger partial charge in [-0.2, -0.15) is 0 Å². The predicted octanol–water partition coefficient (Wildman–Crippen LogP) is 2.39. The Hall–Kier alpha value is -1.16. The number of hydrogen-bond donors (Lipinski definition) is 2. The largest absolute Gasteiger partial charge is 0.366 e. The molecule has 3 N–H and O–H groups in total. The molecular weight excluding hydrogens is 212 g/mol. The highest BCUT2D eigenvalue weighted by atomic mass is 15.0. The zero-order valence-corrected chi connectivity index (χ0v) is 11.3. The van der Waals surface area contributed by atoms with Crippen LogP contribution in [0.1, 0.15) is 45.7 Å². The van der Waals surface area contributed by atoms with E-state index in [1.807, 2.05) is 6.07 Å². The summed E-state index contributed by atoms with van der Waals surface area (Å²) in [6.45, 7) is 9.27. The molecule has 0 aromatic carbocycles. The molecule has 0 aliphatic carbocycles. The van der Waals surface area contributed by atoms with Crippen molar-refractivity contribution >= 4 is 5.82 Å². The monoisotopic (exact) mass is 236 g/mol. The molecule has 0 radical (unpaired) electrons. The molecule has 4 nitrogen and oxygen atoms in total. The molecule has 0 amide bonds. The van der Waals surface area contributed by atoms with E-state index < -0.39 is 0 Å². The number of hydrogen-bond acceptors (Lipinski definition) is 4. The maximum Gasteiger partial charge on any atom is 0.129 e. The third kappa shape index (κ3) is 4.69. The van der Waals surface area contributed by atoms with Crippen LogP contribution >= 0.6 is 0 Å². The Labute approximate surface area is 104 Å². The summed E-state index contributed by atoms with van der Waals surface area (Å²) >= 11 is 0. The minimum atomic E-state index is 0.282. The first-order valence-electron chi connectivity index (χ1n) is 6.31. The van der Waals surface area contributed by atoms with E-state index in [9.17, 15) is 0 Å². The van der Waals surface area contributed by atoms with Crippen molar-refractivity contribution in [3.63, 3.8) is 0 Å². The van der Waals surface area contributed by atoms with Crippen LogP contribution in [-0.2, 0) is 0 Å². The van der Waals surface area contributed by atoms with Crippen LogP contribution < -0.4 is 11.1 Å². The first-order chi connectivity index (χ1) is 8.02. The minimum absolute atomic E-state index is 0.282. The molecule has 0 bridgehead atoms. The average Bonchev–Trinajstić information content (AvgIpc) is 2.28. The fourth-order valence-corrected chi connectivity index (χ4v) is 1.76. The van der Waals surface area contributed by atoms with E-state index in [4.69, 9.17) is 5.73 Å². The third-order valence-electron chi connectivity index (χ3n) is 2.67. The van der Waals surface area contributed by atoms with Gasteiger partial charge in [0.2, 0.25) is 0 Å². The zero-order chi connectivity index (χ0) is 12.8. The topological polar surface area (TPSA) is 63.8 Å². The van der Waals surface area contributed by atoms with Gasteiger partial charge in [0.1, 0.15) is 12.1 Å². The Morgan fingerprint density at radius 2 is 1.94 bits per heavy atom. The van der Waals surface area contributed by atoms with Gasteiger partial charge < -0.3 is 11.1 Å². The second kappa shape index (κ2) is 6.55. The van der Waals surface area contributed by atoms with Crippen LogP contribution in [0.5, 0.6) is 0 Å². The summed E-state index contributed by atoms with van der Waals surface area (Å²) in [6.07, 6.45) is 2.66. The van der Waals surface area contributed by atoms with Crippen molar-refractivity contribution in [3.05, 3.63) is 18.1 Å². The number of nitrogens with two attached hydrogens (primary N) is 1. The lowest BCUT2D eigenvalue weighted by atomic mass is 10.0. The number of rotatable bonds is 6. The smallest absolute Gasteiger partial charge is 0.129 e. The van der Waals surface area contributed by atoms with E-state index in [-0.39, 0.29) is 6.04 Å². The van der Waals surface area contributed by atoms with Crippen LogP contribution in [0.4, 0.5) is 5.82 Å². The molecule has 1 atom stereocenters. The van der Waals surface area contributed by atoms with Gasteiger partial charge in [-0.15, -0.1) is 0 Å². The second-order valence-corrected chi connectivity index (χ2v) is 5.19. The summed E-state index contributed by atoms with van der Waals surface area (Å²) in [6, 6.07) is 2.29. The Bertz CT molecular complexity index is 336. The molecule has 0 spiro atoms. The molecular formula is C13H24N4. The number of nitrogens with zero attached hydrogens (tertiary/aromatic N) is 2.